The molecule has 2 heterocycles. The van der Waals surface area contributed by atoms with Crippen molar-refractivity contribution in [1.82, 2.24) is 14.6 Å². The lowest BCUT2D eigenvalue weighted by molar-refractivity contribution is 0.627. The van der Waals surface area contributed by atoms with Gasteiger partial charge in [0.15, 0.2) is 0 Å². The molecule has 0 aliphatic rings. The van der Waals surface area contributed by atoms with Gasteiger partial charge in [-0.1, -0.05) is 54.7 Å². The van der Waals surface area contributed by atoms with Crippen LogP contribution < -0.4 is 15.7 Å². The van der Waals surface area contributed by atoms with Gasteiger partial charge in [-0.2, -0.15) is 14.6 Å². The molecule has 0 saturated heterocycles. The molecule has 0 unspecified atom stereocenters. The zero-order valence-electron chi connectivity index (χ0n) is 15.1. The van der Waals surface area contributed by atoms with Gasteiger partial charge in [-0.15, -0.1) is 0 Å². The Bertz CT molecular complexity index is 1310. The number of aromatic nitrogens is 3. The first-order chi connectivity index (χ1) is 13.5. The van der Waals surface area contributed by atoms with Crippen LogP contribution in [0.2, 0.25) is 0 Å². The van der Waals surface area contributed by atoms with E-state index in [4.69, 9.17) is 0 Å². The average Bonchev–Trinajstić information content (AvgIpc) is 2.99. The van der Waals surface area contributed by atoms with Gasteiger partial charge in [0.2, 0.25) is 4.96 Å². The van der Waals surface area contributed by atoms with Crippen LogP contribution in [-0.2, 0) is 12.8 Å². The maximum Gasteiger partial charge on any atom is 0.296 e. The Morgan fingerprint density at radius 3 is 2.39 bits per heavy atom. The summed E-state index contributed by atoms with van der Waals surface area (Å²) in [6.45, 7) is 2.08. The fraction of sp³-hybridized carbons (Fsp3) is 0.143. The van der Waals surface area contributed by atoms with Gasteiger partial charge in [0, 0.05) is 6.42 Å². The molecule has 140 valence electrons. The summed E-state index contributed by atoms with van der Waals surface area (Å²) in [5.74, 6) is -0.353. The van der Waals surface area contributed by atoms with Crippen LogP contribution in [0.3, 0.4) is 0 Å². The summed E-state index contributed by atoms with van der Waals surface area (Å²) in [4.78, 5) is 29.3. The van der Waals surface area contributed by atoms with Crippen LogP contribution >= 0.6 is 11.3 Å². The topological polar surface area (TPSA) is 64.3 Å². The van der Waals surface area contributed by atoms with Crippen molar-refractivity contribution in [2.75, 3.05) is 0 Å². The highest BCUT2D eigenvalue weighted by Crippen LogP contribution is 2.08. The molecule has 7 heteroatoms. The summed E-state index contributed by atoms with van der Waals surface area (Å²) < 4.78 is 14.7. The van der Waals surface area contributed by atoms with Crippen LogP contribution in [0, 0.1) is 5.82 Å². The molecule has 0 fully saturated rings. The SMILES string of the molecule is CCc1ccc(/C=c2/sc3nc(=O)c(Cc4ccc(F)cc4)nn3c2=O)cc1. The monoisotopic (exact) mass is 393 g/mol. The van der Waals surface area contributed by atoms with Crippen molar-refractivity contribution in [3.05, 3.63) is 102 Å². The summed E-state index contributed by atoms with van der Waals surface area (Å²) in [5, 5.41) is 4.21. The number of halogens is 1. The van der Waals surface area contributed by atoms with Gasteiger partial charge in [-0.3, -0.25) is 9.59 Å². The van der Waals surface area contributed by atoms with E-state index in [2.05, 4.69) is 17.0 Å². The van der Waals surface area contributed by atoms with Crippen LogP contribution in [0.15, 0.2) is 58.1 Å². The quantitative estimate of drug-likeness (QED) is 0.534. The minimum absolute atomic E-state index is 0.151. The van der Waals surface area contributed by atoms with Gasteiger partial charge in [0.25, 0.3) is 11.1 Å². The van der Waals surface area contributed by atoms with Gasteiger partial charge in [0.1, 0.15) is 11.5 Å². The van der Waals surface area contributed by atoms with Gasteiger partial charge in [0.05, 0.1) is 4.53 Å². The normalized spacial score (nSPS) is 12.0. The fourth-order valence-electron chi connectivity index (χ4n) is 2.85. The molecule has 2 aromatic heterocycles. The van der Waals surface area contributed by atoms with E-state index in [1.807, 2.05) is 24.3 Å². The minimum atomic E-state index is -0.482. The second kappa shape index (κ2) is 7.44. The van der Waals surface area contributed by atoms with E-state index < -0.39 is 5.56 Å². The molecule has 0 radical (unpaired) electrons. The maximum absolute atomic E-state index is 13.1. The Balaban J connectivity index is 1.76. The summed E-state index contributed by atoms with van der Waals surface area (Å²) in [5.41, 5.74) is 2.19. The zero-order chi connectivity index (χ0) is 19.7. The van der Waals surface area contributed by atoms with Crippen molar-refractivity contribution >= 4 is 22.4 Å². The van der Waals surface area contributed by atoms with E-state index in [9.17, 15) is 14.0 Å². The van der Waals surface area contributed by atoms with E-state index in [0.717, 1.165) is 33.4 Å². The molecule has 5 nitrogen and oxygen atoms in total. The molecular weight excluding hydrogens is 377 g/mol. The van der Waals surface area contributed by atoms with Crippen molar-refractivity contribution in [2.45, 2.75) is 19.8 Å². The van der Waals surface area contributed by atoms with Crippen LogP contribution in [0.4, 0.5) is 4.39 Å². The Labute approximate surface area is 163 Å². The van der Waals surface area contributed by atoms with Crippen molar-refractivity contribution in [1.29, 1.82) is 0 Å². The highest BCUT2D eigenvalue weighted by atomic mass is 32.1. The fourth-order valence-corrected chi connectivity index (χ4v) is 3.75. The lowest BCUT2D eigenvalue weighted by atomic mass is 10.1. The molecule has 0 amide bonds. The Morgan fingerprint density at radius 1 is 1.04 bits per heavy atom. The molecule has 0 N–H and O–H groups in total. The first kappa shape index (κ1) is 18.2. The van der Waals surface area contributed by atoms with Crippen LogP contribution in [-0.4, -0.2) is 14.6 Å². The van der Waals surface area contributed by atoms with Gasteiger partial charge < -0.3 is 0 Å². The number of nitrogens with zero attached hydrogens (tertiary/aromatic N) is 3. The first-order valence-electron chi connectivity index (χ1n) is 8.81. The van der Waals surface area contributed by atoms with E-state index in [1.165, 1.54) is 17.7 Å². The molecule has 4 rings (SSSR count). The lowest BCUT2D eigenvalue weighted by Gasteiger charge is -2.00. The molecule has 28 heavy (non-hydrogen) atoms. The van der Waals surface area contributed by atoms with Gasteiger partial charge in [-0.25, -0.2) is 4.39 Å². The summed E-state index contributed by atoms with van der Waals surface area (Å²) in [7, 11) is 0. The number of hydrogen-bond acceptors (Lipinski definition) is 5. The molecule has 0 bridgehead atoms. The Hall–Kier alpha value is -3.19. The van der Waals surface area contributed by atoms with E-state index >= 15 is 0 Å². The van der Waals surface area contributed by atoms with Crippen molar-refractivity contribution < 1.29 is 4.39 Å². The summed E-state index contributed by atoms with van der Waals surface area (Å²) in [6.07, 6.45) is 2.90. The van der Waals surface area contributed by atoms with Crippen LogP contribution in [0.25, 0.3) is 11.0 Å². The summed E-state index contributed by atoms with van der Waals surface area (Å²) in [6, 6.07) is 13.7. The number of fused-ring (bicyclic) bond motifs is 1. The Morgan fingerprint density at radius 2 is 1.71 bits per heavy atom. The third kappa shape index (κ3) is 3.61. The first-order valence-corrected chi connectivity index (χ1v) is 9.63. The molecule has 0 saturated carbocycles. The van der Waals surface area contributed by atoms with Gasteiger partial charge >= 0.3 is 0 Å². The van der Waals surface area contributed by atoms with E-state index in [1.54, 1.807) is 18.2 Å². The molecular formula is C21H16FN3O2S. The second-order valence-electron chi connectivity index (χ2n) is 6.37. The van der Waals surface area contributed by atoms with Gasteiger partial charge in [-0.05, 0) is 41.3 Å². The molecule has 2 aromatic carbocycles. The lowest BCUT2D eigenvalue weighted by Crippen LogP contribution is -2.28. The smallest absolute Gasteiger partial charge is 0.266 e. The molecule has 0 aliphatic carbocycles. The number of benzene rings is 2. The van der Waals surface area contributed by atoms with E-state index in [0.29, 0.717) is 4.53 Å². The molecule has 0 spiro atoms. The number of aryl methyl sites for hydroxylation is 1. The average molecular weight is 393 g/mol. The second-order valence-corrected chi connectivity index (χ2v) is 7.38. The summed E-state index contributed by atoms with van der Waals surface area (Å²) >= 11 is 1.13. The molecule has 4 aromatic rings. The predicted molar refractivity (Wildman–Crippen MR) is 107 cm³/mol. The minimum Gasteiger partial charge on any atom is -0.266 e. The standard InChI is InChI=1S/C21H16FN3O2S/c1-2-13-3-5-15(6-4-13)12-18-20(27)25-21(28-18)23-19(26)17(24-25)11-14-7-9-16(22)10-8-14/h3-10,12H,2,11H2,1H3/b18-12+. The maximum atomic E-state index is 13.1. The molecule has 0 atom stereocenters. The van der Waals surface area contributed by atoms with Crippen molar-refractivity contribution in [3.63, 3.8) is 0 Å². The predicted octanol–water partition coefficient (Wildman–Crippen LogP) is 2.35. The highest BCUT2D eigenvalue weighted by Gasteiger charge is 2.11. The third-order valence-electron chi connectivity index (χ3n) is 4.42. The van der Waals surface area contributed by atoms with Crippen molar-refractivity contribution in [2.24, 2.45) is 0 Å². The number of hydrogen-bond donors (Lipinski definition) is 0. The number of rotatable bonds is 4. The zero-order valence-corrected chi connectivity index (χ0v) is 15.9. The molecule has 0 aliphatic heterocycles. The number of thiazole rings is 1. The van der Waals surface area contributed by atoms with Crippen LogP contribution in [0.5, 0.6) is 0 Å². The van der Waals surface area contributed by atoms with Crippen molar-refractivity contribution in [3.8, 4) is 0 Å². The Kier molecular flexibility index (Phi) is 4.83. The van der Waals surface area contributed by atoms with Crippen LogP contribution in [0.1, 0.15) is 29.3 Å². The largest absolute Gasteiger partial charge is 0.296 e. The highest BCUT2D eigenvalue weighted by molar-refractivity contribution is 7.15. The third-order valence-corrected chi connectivity index (χ3v) is 5.38. The van der Waals surface area contributed by atoms with E-state index in [-0.39, 0.29) is 28.5 Å².